The lowest BCUT2D eigenvalue weighted by molar-refractivity contribution is 0.0660. The van der Waals surface area contributed by atoms with Gasteiger partial charge < -0.3 is 15.2 Å². The highest BCUT2D eigenvalue weighted by Gasteiger charge is 2.26. The zero-order valence-corrected chi connectivity index (χ0v) is 12.6. The Morgan fingerprint density at radius 3 is 3.09 bits per heavy atom. The van der Waals surface area contributed by atoms with Gasteiger partial charge in [-0.2, -0.15) is 0 Å². The fraction of sp³-hybridized carbons (Fsp3) is 0.467. The zero-order valence-electron chi connectivity index (χ0n) is 12.6. The predicted molar refractivity (Wildman–Crippen MR) is 82.0 cm³/mol. The second kappa shape index (κ2) is 6.13. The maximum absolute atomic E-state index is 12.7. The largest absolute Gasteiger partial charge is 0.368 e. The van der Waals surface area contributed by atoms with Crippen molar-refractivity contribution in [3.05, 3.63) is 36.2 Å². The number of piperidine rings is 1. The Morgan fingerprint density at radius 2 is 2.36 bits per heavy atom. The van der Waals surface area contributed by atoms with Crippen LogP contribution in [0.1, 0.15) is 28.9 Å². The molecule has 7 nitrogen and oxygen atoms in total. The maximum atomic E-state index is 12.7. The van der Waals surface area contributed by atoms with Gasteiger partial charge in [0.2, 0.25) is 5.95 Å². The molecule has 116 valence electrons. The first-order valence-electron chi connectivity index (χ1n) is 7.47. The lowest BCUT2D eigenvalue weighted by atomic mass is 9.97. The minimum Gasteiger partial charge on any atom is -0.368 e. The highest BCUT2D eigenvalue weighted by atomic mass is 16.2. The average Bonchev–Trinajstić information content (AvgIpc) is 3.00. The monoisotopic (exact) mass is 300 g/mol. The molecule has 2 N–H and O–H groups in total. The minimum absolute atomic E-state index is 0.00664. The van der Waals surface area contributed by atoms with Crippen molar-refractivity contribution in [1.29, 1.82) is 0 Å². The molecule has 0 unspecified atom stereocenters. The van der Waals surface area contributed by atoms with E-state index in [1.807, 2.05) is 17.4 Å². The van der Waals surface area contributed by atoms with E-state index in [9.17, 15) is 4.79 Å². The van der Waals surface area contributed by atoms with Crippen LogP contribution < -0.4 is 5.73 Å². The Balaban J connectivity index is 1.69. The molecule has 0 aromatic carbocycles. The number of carbonyl (C=O) groups is 1. The van der Waals surface area contributed by atoms with Gasteiger partial charge >= 0.3 is 0 Å². The summed E-state index contributed by atoms with van der Waals surface area (Å²) in [6.45, 7) is 4.21. The number of nitrogen functional groups attached to an aromatic ring is 1. The highest BCUT2D eigenvalue weighted by Crippen LogP contribution is 2.20. The van der Waals surface area contributed by atoms with Crippen molar-refractivity contribution in [2.24, 2.45) is 5.92 Å². The Labute approximate surface area is 129 Å². The second-order valence-corrected chi connectivity index (χ2v) is 5.75. The SMILES string of the molecule is Cc1nc(N)ncc1C(=O)N1CCC[C@H](Cn2ccnc2)C1. The summed E-state index contributed by atoms with van der Waals surface area (Å²) in [5.41, 5.74) is 6.72. The summed E-state index contributed by atoms with van der Waals surface area (Å²) in [6.07, 6.45) is 9.22. The Bertz CT molecular complexity index is 654. The molecule has 3 rings (SSSR count). The van der Waals surface area contributed by atoms with Crippen LogP contribution in [0, 0.1) is 12.8 Å². The van der Waals surface area contributed by atoms with Gasteiger partial charge in [0.15, 0.2) is 0 Å². The van der Waals surface area contributed by atoms with Crippen molar-refractivity contribution < 1.29 is 4.79 Å². The molecule has 22 heavy (non-hydrogen) atoms. The van der Waals surface area contributed by atoms with E-state index in [1.165, 1.54) is 6.20 Å². The Kier molecular flexibility index (Phi) is 4.04. The lowest BCUT2D eigenvalue weighted by Gasteiger charge is -2.33. The number of hydrogen-bond acceptors (Lipinski definition) is 5. The summed E-state index contributed by atoms with van der Waals surface area (Å²) < 4.78 is 2.07. The third-order valence-electron chi connectivity index (χ3n) is 4.06. The van der Waals surface area contributed by atoms with E-state index in [0.29, 0.717) is 17.2 Å². The summed E-state index contributed by atoms with van der Waals surface area (Å²) >= 11 is 0. The zero-order chi connectivity index (χ0) is 15.5. The molecule has 1 amide bonds. The first-order chi connectivity index (χ1) is 10.6. The predicted octanol–water partition coefficient (Wildman–Crippen LogP) is 1.12. The molecular formula is C15H20N6O. The number of aromatic nitrogens is 4. The fourth-order valence-corrected chi connectivity index (χ4v) is 2.96. The number of amides is 1. The van der Waals surface area contributed by atoms with Crippen molar-refractivity contribution in [3.63, 3.8) is 0 Å². The van der Waals surface area contributed by atoms with Crippen molar-refractivity contribution in [1.82, 2.24) is 24.4 Å². The normalized spacial score (nSPS) is 18.4. The molecule has 0 bridgehead atoms. The van der Waals surface area contributed by atoms with Crippen molar-refractivity contribution in [2.75, 3.05) is 18.8 Å². The smallest absolute Gasteiger partial charge is 0.257 e. The molecule has 1 aliphatic rings. The van der Waals surface area contributed by atoms with Crippen molar-refractivity contribution >= 4 is 11.9 Å². The quantitative estimate of drug-likeness (QED) is 0.917. The Morgan fingerprint density at radius 1 is 1.50 bits per heavy atom. The Hall–Kier alpha value is -2.44. The molecule has 0 spiro atoms. The summed E-state index contributed by atoms with van der Waals surface area (Å²) in [7, 11) is 0. The standard InChI is InChI=1S/C15H20N6O/c1-11-13(7-18-15(16)19-11)14(22)21-5-2-3-12(9-21)8-20-6-4-17-10-20/h4,6-7,10,12H,2-3,5,8-9H2,1H3,(H2,16,18,19)/t12-/m1/s1. The van der Waals surface area contributed by atoms with E-state index < -0.39 is 0 Å². The molecule has 0 aliphatic carbocycles. The van der Waals surface area contributed by atoms with Crippen LogP contribution in [0.5, 0.6) is 0 Å². The van der Waals surface area contributed by atoms with Gasteiger partial charge in [-0.05, 0) is 25.7 Å². The molecule has 2 aromatic heterocycles. The molecule has 1 atom stereocenters. The lowest BCUT2D eigenvalue weighted by Crippen LogP contribution is -2.41. The van der Waals surface area contributed by atoms with Gasteiger partial charge in [-0.1, -0.05) is 0 Å². The fourth-order valence-electron chi connectivity index (χ4n) is 2.96. The number of rotatable bonds is 3. The van der Waals surface area contributed by atoms with E-state index in [1.54, 1.807) is 13.1 Å². The van der Waals surface area contributed by atoms with Gasteiger partial charge in [0.05, 0.1) is 17.6 Å². The number of likely N-dealkylation sites (tertiary alicyclic amines) is 1. The first kappa shape index (κ1) is 14.5. The minimum atomic E-state index is -0.00664. The van der Waals surface area contributed by atoms with Crippen LogP contribution >= 0.6 is 0 Å². The third kappa shape index (κ3) is 3.08. The number of anilines is 1. The summed E-state index contributed by atoms with van der Waals surface area (Å²) in [4.78, 5) is 26.6. The second-order valence-electron chi connectivity index (χ2n) is 5.75. The molecule has 1 fully saturated rings. The summed E-state index contributed by atoms with van der Waals surface area (Å²) in [5, 5.41) is 0. The van der Waals surface area contributed by atoms with Crippen molar-refractivity contribution in [3.8, 4) is 0 Å². The van der Waals surface area contributed by atoms with Crippen LogP contribution in [-0.2, 0) is 6.54 Å². The molecule has 2 aromatic rings. The molecule has 3 heterocycles. The van der Waals surface area contributed by atoms with Crippen LogP contribution in [0.15, 0.2) is 24.9 Å². The topological polar surface area (TPSA) is 89.9 Å². The molecule has 0 radical (unpaired) electrons. The van der Waals surface area contributed by atoms with Crippen molar-refractivity contribution in [2.45, 2.75) is 26.3 Å². The molecule has 1 aliphatic heterocycles. The van der Waals surface area contributed by atoms with Crippen LogP contribution in [0.25, 0.3) is 0 Å². The van der Waals surface area contributed by atoms with E-state index in [2.05, 4.69) is 19.5 Å². The number of hydrogen-bond donors (Lipinski definition) is 1. The number of nitrogens with two attached hydrogens (primary N) is 1. The van der Waals surface area contributed by atoms with Crippen LogP contribution in [0.2, 0.25) is 0 Å². The number of imidazole rings is 1. The highest BCUT2D eigenvalue weighted by molar-refractivity contribution is 5.95. The third-order valence-corrected chi connectivity index (χ3v) is 4.06. The van der Waals surface area contributed by atoms with Gasteiger partial charge in [0, 0.05) is 38.2 Å². The molecule has 7 heteroatoms. The van der Waals surface area contributed by atoms with E-state index in [0.717, 1.165) is 32.5 Å². The number of carbonyl (C=O) groups excluding carboxylic acids is 1. The van der Waals surface area contributed by atoms with Crippen LogP contribution in [-0.4, -0.2) is 43.4 Å². The summed E-state index contributed by atoms with van der Waals surface area (Å²) in [6, 6.07) is 0. The molecule has 0 saturated carbocycles. The van der Waals surface area contributed by atoms with Crippen LogP contribution in [0.3, 0.4) is 0 Å². The van der Waals surface area contributed by atoms with Gasteiger partial charge in [-0.25, -0.2) is 15.0 Å². The van der Waals surface area contributed by atoms with E-state index >= 15 is 0 Å². The maximum Gasteiger partial charge on any atom is 0.257 e. The van der Waals surface area contributed by atoms with Gasteiger partial charge in [0.25, 0.3) is 5.91 Å². The van der Waals surface area contributed by atoms with E-state index in [-0.39, 0.29) is 11.9 Å². The number of aryl methyl sites for hydroxylation is 1. The summed E-state index contributed by atoms with van der Waals surface area (Å²) in [5.74, 6) is 0.639. The van der Waals surface area contributed by atoms with E-state index in [4.69, 9.17) is 5.73 Å². The first-order valence-corrected chi connectivity index (χ1v) is 7.47. The average molecular weight is 300 g/mol. The molecular weight excluding hydrogens is 280 g/mol. The molecule has 1 saturated heterocycles. The van der Waals surface area contributed by atoms with Gasteiger partial charge in [-0.15, -0.1) is 0 Å². The van der Waals surface area contributed by atoms with Gasteiger partial charge in [0.1, 0.15) is 0 Å². The van der Waals surface area contributed by atoms with Gasteiger partial charge in [-0.3, -0.25) is 4.79 Å². The number of nitrogens with zero attached hydrogens (tertiary/aromatic N) is 5. The van der Waals surface area contributed by atoms with Crippen LogP contribution in [0.4, 0.5) is 5.95 Å².